The first-order valence-corrected chi connectivity index (χ1v) is 7.25. The maximum absolute atomic E-state index is 14.0. The summed E-state index contributed by atoms with van der Waals surface area (Å²) in [5.41, 5.74) is 0.128. The average molecular weight is 339 g/mol. The molecule has 0 unspecified atom stereocenters. The zero-order chi connectivity index (χ0) is 17.3. The van der Waals surface area contributed by atoms with Crippen LogP contribution in [0.4, 0.5) is 23.2 Å². The van der Waals surface area contributed by atoms with Gasteiger partial charge in [0.05, 0.1) is 11.3 Å². The van der Waals surface area contributed by atoms with Crippen LogP contribution in [0, 0.1) is 5.82 Å². The zero-order valence-corrected chi connectivity index (χ0v) is 12.4. The third-order valence-electron chi connectivity index (χ3n) is 3.73. The van der Waals surface area contributed by atoms with Crippen molar-refractivity contribution in [3.8, 4) is 5.75 Å². The fourth-order valence-corrected chi connectivity index (χ4v) is 2.65. The topological polar surface area (TPSA) is 38.3 Å². The van der Waals surface area contributed by atoms with Crippen molar-refractivity contribution in [3.63, 3.8) is 0 Å². The summed E-state index contributed by atoms with van der Waals surface area (Å²) < 4.78 is 58.0. The highest BCUT2D eigenvalue weighted by atomic mass is 19.4. The minimum Gasteiger partial charge on any atom is -0.478 e. The molecule has 24 heavy (non-hydrogen) atoms. The van der Waals surface area contributed by atoms with Crippen molar-refractivity contribution in [2.75, 3.05) is 11.9 Å². The van der Waals surface area contributed by atoms with E-state index in [1.54, 1.807) is 0 Å². The number of carbonyl (C=O) groups excluding carboxylic acids is 1. The molecule has 1 aliphatic rings. The Morgan fingerprint density at radius 2 is 1.88 bits per heavy atom. The molecule has 1 aliphatic heterocycles. The van der Waals surface area contributed by atoms with Gasteiger partial charge in [-0.25, -0.2) is 4.39 Å². The van der Waals surface area contributed by atoms with Gasteiger partial charge in [0.25, 0.3) is 5.91 Å². The van der Waals surface area contributed by atoms with Gasteiger partial charge < -0.3 is 10.1 Å². The van der Waals surface area contributed by atoms with Crippen molar-refractivity contribution in [1.29, 1.82) is 0 Å². The third-order valence-corrected chi connectivity index (χ3v) is 3.73. The molecule has 0 bridgehead atoms. The van der Waals surface area contributed by atoms with Crippen molar-refractivity contribution < 1.29 is 27.1 Å². The largest absolute Gasteiger partial charge is 0.478 e. The molecule has 126 valence electrons. The van der Waals surface area contributed by atoms with E-state index in [2.05, 4.69) is 5.32 Å². The lowest BCUT2D eigenvalue weighted by atomic mass is 9.99. The Labute approximate surface area is 135 Å². The molecule has 1 N–H and O–H groups in total. The predicted molar refractivity (Wildman–Crippen MR) is 79.4 cm³/mol. The lowest BCUT2D eigenvalue weighted by Gasteiger charge is -2.19. The number of rotatable bonds is 3. The predicted octanol–water partition coefficient (Wildman–Crippen LogP) is 3.96. The molecule has 2 aromatic carbocycles. The number of carbonyl (C=O) groups is 1. The number of hydrogen-bond donors (Lipinski definition) is 1. The lowest BCUT2D eigenvalue weighted by Crippen LogP contribution is -2.26. The molecule has 0 saturated heterocycles. The quantitative estimate of drug-likeness (QED) is 0.860. The number of anilines is 1. The summed E-state index contributed by atoms with van der Waals surface area (Å²) in [6.45, 7) is -0.262. The highest BCUT2D eigenvalue weighted by Crippen LogP contribution is 2.34. The van der Waals surface area contributed by atoms with Crippen LogP contribution in [0.5, 0.6) is 5.75 Å². The number of amides is 1. The Kier molecular flexibility index (Phi) is 4.17. The monoisotopic (exact) mass is 339 g/mol. The van der Waals surface area contributed by atoms with E-state index < -0.39 is 23.5 Å². The molecule has 1 heterocycles. The van der Waals surface area contributed by atoms with E-state index in [0.717, 1.165) is 6.07 Å². The Balaban J connectivity index is 1.82. The van der Waals surface area contributed by atoms with Gasteiger partial charge in [0.15, 0.2) is 18.2 Å². The zero-order valence-electron chi connectivity index (χ0n) is 12.4. The number of benzene rings is 2. The van der Waals surface area contributed by atoms with Gasteiger partial charge in [-0.05, 0) is 42.2 Å². The van der Waals surface area contributed by atoms with Gasteiger partial charge in [-0.15, -0.1) is 0 Å². The van der Waals surface area contributed by atoms with Crippen molar-refractivity contribution in [3.05, 3.63) is 58.9 Å². The number of aryl methyl sites for hydroxylation is 2. The van der Waals surface area contributed by atoms with Crippen LogP contribution >= 0.6 is 0 Å². The minimum absolute atomic E-state index is 0.0472. The summed E-state index contributed by atoms with van der Waals surface area (Å²) in [6, 6.07) is 8.03. The molecule has 3 rings (SSSR count). The van der Waals surface area contributed by atoms with Gasteiger partial charge in [-0.2, -0.15) is 13.2 Å². The Hall–Kier alpha value is -2.57. The number of alkyl halides is 3. The standard InChI is InChI=1S/C17H13F4NO2/c18-13-7-10(8-14-16(13)24-9-15(23)22-14)5-6-11-3-1-2-4-12(11)17(19,20)21/h1-4,7-8H,5-6,9H2,(H,22,23). The maximum atomic E-state index is 14.0. The highest BCUT2D eigenvalue weighted by Gasteiger charge is 2.32. The maximum Gasteiger partial charge on any atom is 0.416 e. The number of fused-ring (bicyclic) bond motifs is 1. The summed E-state index contributed by atoms with van der Waals surface area (Å²) >= 11 is 0. The van der Waals surface area contributed by atoms with Crippen LogP contribution in [-0.4, -0.2) is 12.5 Å². The normalized spacial score (nSPS) is 13.9. The molecule has 7 heteroatoms. The number of halogens is 4. The van der Waals surface area contributed by atoms with Crippen LogP contribution < -0.4 is 10.1 Å². The van der Waals surface area contributed by atoms with E-state index in [9.17, 15) is 22.4 Å². The van der Waals surface area contributed by atoms with Crippen LogP contribution in [0.3, 0.4) is 0 Å². The van der Waals surface area contributed by atoms with E-state index >= 15 is 0 Å². The van der Waals surface area contributed by atoms with E-state index in [1.807, 2.05) is 0 Å². The number of ether oxygens (including phenoxy) is 1. The second-order valence-corrected chi connectivity index (χ2v) is 5.45. The second-order valence-electron chi connectivity index (χ2n) is 5.45. The van der Waals surface area contributed by atoms with E-state index in [4.69, 9.17) is 4.74 Å². The van der Waals surface area contributed by atoms with Crippen LogP contribution in [-0.2, 0) is 23.8 Å². The first-order chi connectivity index (χ1) is 11.3. The van der Waals surface area contributed by atoms with Crippen LogP contribution in [0.2, 0.25) is 0 Å². The highest BCUT2D eigenvalue weighted by molar-refractivity contribution is 5.95. The van der Waals surface area contributed by atoms with Crippen molar-refractivity contribution in [2.45, 2.75) is 19.0 Å². The molecular weight excluding hydrogens is 326 g/mol. The van der Waals surface area contributed by atoms with E-state index in [-0.39, 0.29) is 36.4 Å². The molecular formula is C17H13F4NO2. The lowest BCUT2D eigenvalue weighted by molar-refractivity contribution is -0.138. The van der Waals surface area contributed by atoms with Crippen molar-refractivity contribution in [2.24, 2.45) is 0 Å². The van der Waals surface area contributed by atoms with Crippen LogP contribution in [0.25, 0.3) is 0 Å². The van der Waals surface area contributed by atoms with Crippen LogP contribution in [0.15, 0.2) is 36.4 Å². The van der Waals surface area contributed by atoms with Gasteiger partial charge >= 0.3 is 6.18 Å². The Bertz CT molecular complexity index is 787. The SMILES string of the molecule is O=C1COc2c(F)cc(CCc3ccccc3C(F)(F)F)cc2N1. The van der Waals surface area contributed by atoms with Gasteiger partial charge in [-0.3, -0.25) is 4.79 Å². The summed E-state index contributed by atoms with van der Waals surface area (Å²) in [5, 5.41) is 2.49. The Morgan fingerprint density at radius 1 is 1.12 bits per heavy atom. The van der Waals surface area contributed by atoms with E-state index in [0.29, 0.717) is 5.56 Å². The summed E-state index contributed by atoms with van der Waals surface area (Å²) in [7, 11) is 0. The molecule has 0 spiro atoms. The second kappa shape index (κ2) is 6.14. The Morgan fingerprint density at radius 3 is 2.62 bits per heavy atom. The van der Waals surface area contributed by atoms with Gasteiger partial charge in [0, 0.05) is 0 Å². The van der Waals surface area contributed by atoms with Gasteiger partial charge in [-0.1, -0.05) is 18.2 Å². The fourth-order valence-electron chi connectivity index (χ4n) is 2.65. The first-order valence-electron chi connectivity index (χ1n) is 7.25. The van der Waals surface area contributed by atoms with Crippen molar-refractivity contribution in [1.82, 2.24) is 0 Å². The molecule has 0 aromatic heterocycles. The summed E-state index contributed by atoms with van der Waals surface area (Å²) in [6.07, 6.45) is -4.13. The summed E-state index contributed by atoms with van der Waals surface area (Å²) in [5.74, 6) is -1.10. The molecule has 0 radical (unpaired) electrons. The number of nitrogens with one attached hydrogen (secondary N) is 1. The average Bonchev–Trinajstić information content (AvgIpc) is 2.52. The fraction of sp³-hybridized carbons (Fsp3) is 0.235. The number of hydrogen-bond acceptors (Lipinski definition) is 2. The van der Waals surface area contributed by atoms with Crippen molar-refractivity contribution >= 4 is 11.6 Å². The van der Waals surface area contributed by atoms with E-state index in [1.165, 1.54) is 30.3 Å². The molecule has 0 aliphatic carbocycles. The van der Waals surface area contributed by atoms with Gasteiger partial charge in [0.2, 0.25) is 0 Å². The molecule has 0 atom stereocenters. The molecule has 1 amide bonds. The molecule has 3 nitrogen and oxygen atoms in total. The molecule has 0 fully saturated rings. The first kappa shape index (κ1) is 16.3. The smallest absolute Gasteiger partial charge is 0.416 e. The minimum atomic E-state index is -4.43. The molecule has 2 aromatic rings. The van der Waals surface area contributed by atoms with Gasteiger partial charge in [0.1, 0.15) is 0 Å². The third kappa shape index (κ3) is 3.34. The molecule has 0 saturated carbocycles. The summed E-state index contributed by atoms with van der Waals surface area (Å²) in [4.78, 5) is 11.3. The van der Waals surface area contributed by atoms with Crippen LogP contribution in [0.1, 0.15) is 16.7 Å².